The van der Waals surface area contributed by atoms with Crippen molar-refractivity contribution in [1.82, 2.24) is 28.9 Å². The van der Waals surface area contributed by atoms with Gasteiger partial charge in [-0.25, -0.2) is 9.59 Å². The summed E-state index contributed by atoms with van der Waals surface area (Å²) >= 11 is 0. The molecule has 0 saturated carbocycles. The van der Waals surface area contributed by atoms with Crippen LogP contribution in [0.1, 0.15) is 64.5 Å². The molecule has 0 spiro atoms. The van der Waals surface area contributed by atoms with E-state index in [4.69, 9.17) is 0 Å². The van der Waals surface area contributed by atoms with E-state index in [2.05, 4.69) is 9.97 Å². The van der Waals surface area contributed by atoms with Crippen LogP contribution in [0, 0.1) is 0 Å². The number of carbonyl (C=O) groups is 2. The van der Waals surface area contributed by atoms with E-state index in [0.29, 0.717) is 39.0 Å². The standard InChI is InChI=1S/2C16H21N3O3/c2*1-2-13(15(20)21)18-9-7-11(8-10-18)19-14-6-4-3-5-12(14)17-16(19)22/h2*3-6,11,13H,2,7-10H2,1H3,(H,17,22)(H,20,21). The lowest BCUT2D eigenvalue weighted by Gasteiger charge is -2.35. The number of carboxylic acids is 2. The Morgan fingerprint density at radius 3 is 1.34 bits per heavy atom. The second-order valence-corrected chi connectivity index (χ2v) is 11.7. The van der Waals surface area contributed by atoms with Gasteiger partial charge in [-0.2, -0.15) is 0 Å². The Kier molecular flexibility index (Phi) is 9.70. The number of aromatic nitrogens is 4. The molecule has 2 aromatic heterocycles. The molecule has 0 bridgehead atoms. The zero-order valence-corrected chi connectivity index (χ0v) is 25.3. The van der Waals surface area contributed by atoms with Gasteiger partial charge in [0.15, 0.2) is 0 Å². The normalized spacial score (nSPS) is 18.6. The van der Waals surface area contributed by atoms with E-state index < -0.39 is 24.0 Å². The number of likely N-dealkylation sites (tertiary alicyclic amines) is 2. The summed E-state index contributed by atoms with van der Waals surface area (Å²) in [6, 6.07) is 14.8. The zero-order chi connectivity index (χ0) is 31.4. The fourth-order valence-electron chi connectivity index (χ4n) is 6.96. The van der Waals surface area contributed by atoms with Crippen LogP contribution in [-0.4, -0.2) is 89.3 Å². The number of aliphatic carboxylic acids is 2. The van der Waals surface area contributed by atoms with Crippen LogP contribution in [0.25, 0.3) is 22.1 Å². The van der Waals surface area contributed by atoms with Gasteiger partial charge < -0.3 is 20.2 Å². The molecule has 4 heterocycles. The Hall–Kier alpha value is -4.16. The highest BCUT2D eigenvalue weighted by Gasteiger charge is 2.31. The Morgan fingerprint density at radius 2 is 1.02 bits per heavy atom. The van der Waals surface area contributed by atoms with E-state index in [1.54, 1.807) is 0 Å². The van der Waals surface area contributed by atoms with Gasteiger partial charge in [0.25, 0.3) is 0 Å². The summed E-state index contributed by atoms with van der Waals surface area (Å²) in [6.07, 6.45) is 4.40. The van der Waals surface area contributed by atoms with E-state index in [1.807, 2.05) is 81.3 Å². The van der Waals surface area contributed by atoms with Crippen molar-refractivity contribution in [2.75, 3.05) is 26.2 Å². The van der Waals surface area contributed by atoms with Crippen LogP contribution < -0.4 is 11.4 Å². The van der Waals surface area contributed by atoms with Gasteiger partial charge in [0.1, 0.15) is 12.1 Å². The first kappa shape index (κ1) is 31.3. The minimum Gasteiger partial charge on any atom is -0.480 e. The summed E-state index contributed by atoms with van der Waals surface area (Å²) in [5.74, 6) is -1.52. The number of fused-ring (bicyclic) bond motifs is 2. The number of hydrogen-bond donors (Lipinski definition) is 4. The van der Waals surface area contributed by atoms with Gasteiger partial charge >= 0.3 is 23.3 Å². The largest absolute Gasteiger partial charge is 0.480 e. The van der Waals surface area contributed by atoms with Crippen LogP contribution in [0.5, 0.6) is 0 Å². The van der Waals surface area contributed by atoms with Crippen LogP contribution in [-0.2, 0) is 9.59 Å². The highest BCUT2D eigenvalue weighted by atomic mass is 16.4. The maximum atomic E-state index is 12.2. The lowest BCUT2D eigenvalue weighted by Crippen LogP contribution is -2.46. The van der Waals surface area contributed by atoms with Crippen molar-refractivity contribution < 1.29 is 19.8 Å². The Labute approximate surface area is 254 Å². The lowest BCUT2D eigenvalue weighted by molar-refractivity contribution is -0.145. The predicted octanol–water partition coefficient (Wildman–Crippen LogP) is 3.66. The fraction of sp³-hybridized carbons (Fsp3) is 0.500. The molecule has 2 saturated heterocycles. The number of benzene rings is 2. The van der Waals surface area contributed by atoms with Crippen LogP contribution in [0.4, 0.5) is 0 Å². The monoisotopic (exact) mass is 606 g/mol. The summed E-state index contributed by atoms with van der Waals surface area (Å²) < 4.78 is 3.66. The quantitative estimate of drug-likeness (QED) is 0.237. The lowest BCUT2D eigenvalue weighted by atomic mass is 10.0. The third-order valence-corrected chi connectivity index (χ3v) is 9.20. The molecule has 2 aromatic carbocycles. The van der Waals surface area contributed by atoms with E-state index in [-0.39, 0.29) is 23.5 Å². The Morgan fingerprint density at radius 1 is 0.682 bits per heavy atom. The van der Waals surface area contributed by atoms with Gasteiger partial charge in [-0.3, -0.25) is 28.5 Å². The summed E-state index contributed by atoms with van der Waals surface area (Å²) in [6.45, 7) is 6.63. The number of hydrogen-bond acceptors (Lipinski definition) is 6. The maximum Gasteiger partial charge on any atom is 0.326 e. The van der Waals surface area contributed by atoms with Crippen LogP contribution in [0.15, 0.2) is 58.1 Å². The van der Waals surface area contributed by atoms with Crippen LogP contribution >= 0.6 is 0 Å². The molecule has 12 nitrogen and oxygen atoms in total. The van der Waals surface area contributed by atoms with Gasteiger partial charge in [-0.15, -0.1) is 0 Å². The minimum atomic E-state index is -0.759. The van der Waals surface area contributed by atoms with E-state index >= 15 is 0 Å². The van der Waals surface area contributed by atoms with E-state index in [1.165, 1.54) is 0 Å². The number of carboxylic acid groups (broad SMARTS) is 2. The van der Waals surface area contributed by atoms with E-state index in [0.717, 1.165) is 47.8 Å². The molecule has 0 aliphatic carbocycles. The topological polar surface area (TPSA) is 157 Å². The average Bonchev–Trinajstić information content (AvgIpc) is 3.53. The first-order valence-corrected chi connectivity index (χ1v) is 15.6. The third-order valence-electron chi connectivity index (χ3n) is 9.20. The highest BCUT2D eigenvalue weighted by Crippen LogP contribution is 2.27. The Bertz CT molecular complexity index is 1580. The van der Waals surface area contributed by atoms with Gasteiger partial charge in [0, 0.05) is 38.3 Å². The highest BCUT2D eigenvalue weighted by molar-refractivity contribution is 5.76. The molecular weight excluding hydrogens is 564 g/mol. The molecule has 12 heteroatoms. The fourth-order valence-corrected chi connectivity index (χ4v) is 6.96. The zero-order valence-electron chi connectivity index (χ0n) is 25.3. The van der Waals surface area contributed by atoms with Crippen LogP contribution in [0.3, 0.4) is 0 Å². The Balaban J connectivity index is 0.000000175. The SMILES string of the molecule is CCC(C(=O)O)N1CCC(n2c(=O)[nH]c3ccccc32)CC1.CCC(C(=O)O)N1CCC(n2c(=O)[nH]c3ccccc32)CC1. The summed E-state index contributed by atoms with van der Waals surface area (Å²) in [5.41, 5.74) is 3.40. The third kappa shape index (κ3) is 6.36. The summed E-state index contributed by atoms with van der Waals surface area (Å²) in [5, 5.41) is 18.5. The first-order chi connectivity index (χ1) is 21.2. The molecule has 0 amide bonds. The smallest absolute Gasteiger partial charge is 0.326 e. The van der Waals surface area contributed by atoms with Crippen molar-refractivity contribution in [3.8, 4) is 0 Å². The molecule has 2 aliphatic heterocycles. The molecule has 6 rings (SSSR count). The van der Waals surface area contributed by atoms with Gasteiger partial charge in [0.05, 0.1) is 22.1 Å². The van der Waals surface area contributed by atoms with Crippen molar-refractivity contribution >= 4 is 34.0 Å². The van der Waals surface area contributed by atoms with E-state index in [9.17, 15) is 29.4 Å². The van der Waals surface area contributed by atoms with Gasteiger partial charge in [0.2, 0.25) is 0 Å². The molecule has 4 aromatic rings. The van der Waals surface area contributed by atoms with Crippen molar-refractivity contribution in [2.24, 2.45) is 0 Å². The predicted molar refractivity (Wildman–Crippen MR) is 168 cm³/mol. The molecule has 2 fully saturated rings. The number of aromatic amines is 2. The van der Waals surface area contributed by atoms with Crippen LogP contribution in [0.2, 0.25) is 0 Å². The molecule has 2 atom stereocenters. The summed E-state index contributed by atoms with van der Waals surface area (Å²) in [7, 11) is 0. The number of nitrogens with one attached hydrogen (secondary N) is 2. The molecule has 236 valence electrons. The van der Waals surface area contributed by atoms with Crippen molar-refractivity contribution in [2.45, 2.75) is 76.5 Å². The maximum absolute atomic E-state index is 12.2. The molecule has 44 heavy (non-hydrogen) atoms. The number of para-hydroxylation sites is 4. The second kappa shape index (κ2) is 13.6. The molecule has 2 unspecified atom stereocenters. The minimum absolute atomic E-state index is 0.0788. The molecule has 0 radical (unpaired) electrons. The number of rotatable bonds is 8. The number of imidazole rings is 2. The van der Waals surface area contributed by atoms with Crippen molar-refractivity contribution in [3.63, 3.8) is 0 Å². The second-order valence-electron chi connectivity index (χ2n) is 11.7. The molecule has 4 N–H and O–H groups in total. The summed E-state index contributed by atoms with van der Waals surface area (Å²) in [4.78, 5) is 56.8. The van der Waals surface area contributed by atoms with Crippen molar-refractivity contribution in [3.05, 3.63) is 69.5 Å². The molecule has 2 aliphatic rings. The molecular formula is C32H42N6O6. The number of H-pyrrole nitrogens is 2. The first-order valence-electron chi connectivity index (χ1n) is 15.6. The average molecular weight is 607 g/mol. The van der Waals surface area contributed by atoms with Gasteiger partial charge in [-0.1, -0.05) is 38.1 Å². The van der Waals surface area contributed by atoms with Gasteiger partial charge in [-0.05, 0) is 62.8 Å². The number of piperidine rings is 2. The number of nitrogens with zero attached hydrogens (tertiary/aromatic N) is 4. The van der Waals surface area contributed by atoms with Crippen molar-refractivity contribution in [1.29, 1.82) is 0 Å².